The minimum absolute atomic E-state index is 0.193. The summed E-state index contributed by atoms with van der Waals surface area (Å²) in [6.45, 7) is 5.04. The molecule has 0 aromatic heterocycles. The van der Waals surface area contributed by atoms with Gasteiger partial charge in [0.05, 0.1) is 23.1 Å². The van der Waals surface area contributed by atoms with Crippen LogP contribution >= 0.6 is 39.1 Å². The molecule has 21 heavy (non-hydrogen) atoms. The van der Waals surface area contributed by atoms with Crippen molar-refractivity contribution < 1.29 is 9.47 Å². The van der Waals surface area contributed by atoms with Gasteiger partial charge in [0.15, 0.2) is 0 Å². The maximum Gasteiger partial charge on any atom is 0.206 e. The van der Waals surface area contributed by atoms with Gasteiger partial charge < -0.3 is 9.47 Å². The largest absolute Gasteiger partial charge is 0.345 e. The Labute approximate surface area is 145 Å². The van der Waals surface area contributed by atoms with Crippen molar-refractivity contribution in [2.24, 2.45) is 5.92 Å². The van der Waals surface area contributed by atoms with Gasteiger partial charge in [-0.1, -0.05) is 65.5 Å². The van der Waals surface area contributed by atoms with Crippen molar-refractivity contribution in [3.63, 3.8) is 0 Å². The van der Waals surface area contributed by atoms with Crippen LogP contribution in [0.25, 0.3) is 0 Å². The Morgan fingerprint density at radius 2 is 2.10 bits per heavy atom. The molecule has 1 fully saturated rings. The molecular formula is C16H21BrCl2O2. The Hall–Kier alpha value is 0.200. The van der Waals surface area contributed by atoms with E-state index in [-0.39, 0.29) is 6.10 Å². The number of halogens is 3. The third kappa shape index (κ3) is 3.76. The zero-order valence-electron chi connectivity index (χ0n) is 12.4. The summed E-state index contributed by atoms with van der Waals surface area (Å²) in [4.78, 5) is 0. The molecule has 118 valence electrons. The van der Waals surface area contributed by atoms with E-state index in [0.29, 0.717) is 27.9 Å². The summed E-state index contributed by atoms with van der Waals surface area (Å²) >= 11 is 15.9. The molecule has 5 heteroatoms. The van der Waals surface area contributed by atoms with E-state index in [4.69, 9.17) is 32.7 Å². The maximum absolute atomic E-state index is 6.38. The third-order valence-corrected chi connectivity index (χ3v) is 5.30. The summed E-state index contributed by atoms with van der Waals surface area (Å²) in [6, 6.07) is 5.44. The number of benzene rings is 1. The van der Waals surface area contributed by atoms with E-state index in [1.165, 1.54) is 0 Å². The molecule has 1 aromatic carbocycles. The third-order valence-electron chi connectivity index (χ3n) is 4.01. The standard InChI is InChI=1S/C16H21BrCl2O2/c1-3-5-15-11(4-2)9-20-16(10-17,21-15)13-7-6-12(18)8-14(13)19/h6-8,11,15H,3-5,9-10H2,1-2H3. The SMILES string of the molecule is CCCC1OC(CBr)(c2ccc(Cl)cc2Cl)OCC1CC. The molecule has 3 atom stereocenters. The fraction of sp³-hybridized carbons (Fsp3) is 0.625. The molecule has 1 heterocycles. The molecule has 0 bridgehead atoms. The predicted molar refractivity (Wildman–Crippen MR) is 91.4 cm³/mol. The highest BCUT2D eigenvalue weighted by Crippen LogP contribution is 2.42. The molecule has 1 aliphatic heterocycles. The molecule has 2 rings (SSSR count). The lowest BCUT2D eigenvalue weighted by Crippen LogP contribution is -2.48. The Morgan fingerprint density at radius 1 is 1.33 bits per heavy atom. The van der Waals surface area contributed by atoms with Crippen molar-refractivity contribution in [3.05, 3.63) is 33.8 Å². The summed E-state index contributed by atoms with van der Waals surface area (Å²) in [7, 11) is 0. The number of ether oxygens (including phenoxy) is 2. The highest BCUT2D eigenvalue weighted by atomic mass is 79.9. The summed E-state index contributed by atoms with van der Waals surface area (Å²) in [5.74, 6) is -0.393. The molecule has 1 aromatic rings. The number of alkyl halides is 1. The van der Waals surface area contributed by atoms with Crippen LogP contribution in [0.5, 0.6) is 0 Å². The molecule has 0 aliphatic carbocycles. The Balaban J connectivity index is 2.33. The van der Waals surface area contributed by atoms with Crippen LogP contribution in [0, 0.1) is 5.92 Å². The minimum atomic E-state index is -0.826. The molecule has 1 aliphatic rings. The van der Waals surface area contributed by atoms with E-state index in [9.17, 15) is 0 Å². The van der Waals surface area contributed by atoms with Gasteiger partial charge in [0.1, 0.15) is 0 Å². The number of hydrogen-bond acceptors (Lipinski definition) is 2. The quantitative estimate of drug-likeness (QED) is 0.588. The van der Waals surface area contributed by atoms with Crippen molar-refractivity contribution >= 4 is 39.1 Å². The average molecular weight is 396 g/mol. The molecule has 0 amide bonds. The van der Waals surface area contributed by atoms with E-state index < -0.39 is 5.79 Å². The number of hydrogen-bond donors (Lipinski definition) is 0. The number of rotatable bonds is 5. The highest BCUT2D eigenvalue weighted by molar-refractivity contribution is 9.09. The maximum atomic E-state index is 6.38. The van der Waals surface area contributed by atoms with Crippen molar-refractivity contribution in [1.82, 2.24) is 0 Å². The lowest BCUT2D eigenvalue weighted by molar-refractivity contribution is -0.309. The molecular weight excluding hydrogens is 375 g/mol. The van der Waals surface area contributed by atoms with E-state index in [1.54, 1.807) is 6.07 Å². The van der Waals surface area contributed by atoms with Gasteiger partial charge in [-0.05, 0) is 25.0 Å². The lowest BCUT2D eigenvalue weighted by atomic mass is 9.93. The van der Waals surface area contributed by atoms with Crippen molar-refractivity contribution in [2.75, 3.05) is 11.9 Å². The zero-order valence-corrected chi connectivity index (χ0v) is 15.5. The molecule has 0 saturated carbocycles. The normalized spacial score (nSPS) is 29.6. The first-order valence-electron chi connectivity index (χ1n) is 7.39. The second-order valence-corrected chi connectivity index (χ2v) is 6.84. The Bertz CT molecular complexity index is 483. The first kappa shape index (κ1) is 17.6. The van der Waals surface area contributed by atoms with Crippen LogP contribution in [0.2, 0.25) is 10.0 Å². The van der Waals surface area contributed by atoms with Gasteiger partial charge in [0, 0.05) is 16.5 Å². The van der Waals surface area contributed by atoms with E-state index in [1.807, 2.05) is 12.1 Å². The van der Waals surface area contributed by atoms with Gasteiger partial charge >= 0.3 is 0 Å². The van der Waals surface area contributed by atoms with Crippen molar-refractivity contribution in [2.45, 2.75) is 45.0 Å². The predicted octanol–water partition coefficient (Wildman–Crippen LogP) is 5.78. The van der Waals surface area contributed by atoms with Crippen LogP contribution in [-0.2, 0) is 15.3 Å². The average Bonchev–Trinajstić information content (AvgIpc) is 2.47. The minimum Gasteiger partial charge on any atom is -0.345 e. The van der Waals surface area contributed by atoms with Crippen LogP contribution < -0.4 is 0 Å². The molecule has 2 nitrogen and oxygen atoms in total. The van der Waals surface area contributed by atoms with Crippen molar-refractivity contribution in [1.29, 1.82) is 0 Å². The Kier molecular flexibility index (Phi) is 6.39. The van der Waals surface area contributed by atoms with Gasteiger partial charge in [0.25, 0.3) is 0 Å². The first-order valence-corrected chi connectivity index (χ1v) is 9.27. The van der Waals surface area contributed by atoms with Crippen LogP contribution in [0.1, 0.15) is 38.7 Å². The molecule has 3 unspecified atom stereocenters. The second kappa shape index (κ2) is 7.65. The van der Waals surface area contributed by atoms with E-state index >= 15 is 0 Å². The highest BCUT2D eigenvalue weighted by Gasteiger charge is 2.44. The summed E-state index contributed by atoms with van der Waals surface area (Å²) in [6.07, 6.45) is 3.37. The van der Waals surface area contributed by atoms with Gasteiger partial charge in [-0.3, -0.25) is 0 Å². The van der Waals surface area contributed by atoms with Gasteiger partial charge in [-0.25, -0.2) is 0 Å². The first-order chi connectivity index (χ1) is 10.1. The van der Waals surface area contributed by atoms with Gasteiger partial charge in [0.2, 0.25) is 5.79 Å². The van der Waals surface area contributed by atoms with Gasteiger partial charge in [-0.2, -0.15) is 0 Å². The summed E-state index contributed by atoms with van der Waals surface area (Å²) in [5, 5.41) is 1.73. The topological polar surface area (TPSA) is 18.5 Å². The monoisotopic (exact) mass is 394 g/mol. The van der Waals surface area contributed by atoms with Crippen molar-refractivity contribution in [3.8, 4) is 0 Å². The molecule has 0 radical (unpaired) electrons. The van der Waals surface area contributed by atoms with Crippen LogP contribution in [-0.4, -0.2) is 18.0 Å². The van der Waals surface area contributed by atoms with E-state index in [0.717, 1.165) is 24.8 Å². The summed E-state index contributed by atoms with van der Waals surface area (Å²) in [5.41, 5.74) is 0.834. The molecule has 0 spiro atoms. The van der Waals surface area contributed by atoms with E-state index in [2.05, 4.69) is 29.8 Å². The smallest absolute Gasteiger partial charge is 0.206 e. The van der Waals surface area contributed by atoms with Gasteiger partial charge in [-0.15, -0.1) is 0 Å². The fourth-order valence-electron chi connectivity index (χ4n) is 2.77. The fourth-order valence-corrected chi connectivity index (χ4v) is 3.91. The molecule has 0 N–H and O–H groups in total. The van der Waals surface area contributed by atoms with Crippen LogP contribution in [0.4, 0.5) is 0 Å². The zero-order chi connectivity index (χ0) is 15.5. The van der Waals surface area contributed by atoms with Crippen LogP contribution in [0.3, 0.4) is 0 Å². The lowest BCUT2D eigenvalue weighted by Gasteiger charge is -2.44. The summed E-state index contributed by atoms with van der Waals surface area (Å²) < 4.78 is 12.5. The second-order valence-electron chi connectivity index (χ2n) is 5.44. The Morgan fingerprint density at radius 3 is 2.67 bits per heavy atom. The van der Waals surface area contributed by atoms with Crippen LogP contribution in [0.15, 0.2) is 18.2 Å². The molecule has 1 saturated heterocycles.